The average Bonchev–Trinajstić information content (AvgIpc) is 3.40. The zero-order valence-electron chi connectivity index (χ0n) is 20.5. The first kappa shape index (κ1) is 23.1. The average molecular weight is 478 g/mol. The van der Waals surface area contributed by atoms with Gasteiger partial charge in [0, 0.05) is 32.5 Å². The summed E-state index contributed by atoms with van der Waals surface area (Å²) in [5.41, 5.74) is 1.29. The molecule has 184 valence electrons. The second-order valence-electron chi connectivity index (χ2n) is 10.4. The van der Waals surface area contributed by atoms with Crippen molar-refractivity contribution < 1.29 is 14.3 Å². The lowest BCUT2D eigenvalue weighted by Gasteiger charge is -2.45. The minimum atomic E-state index is -0.586. The van der Waals surface area contributed by atoms with Crippen LogP contribution in [-0.4, -0.2) is 67.6 Å². The van der Waals surface area contributed by atoms with Crippen molar-refractivity contribution >= 4 is 29.0 Å². The molecule has 3 atom stereocenters. The van der Waals surface area contributed by atoms with E-state index >= 15 is 0 Å². The van der Waals surface area contributed by atoms with Crippen LogP contribution in [-0.2, 0) is 9.53 Å². The Bertz CT molecular complexity index is 1240. The fourth-order valence-corrected chi connectivity index (χ4v) is 5.52. The van der Waals surface area contributed by atoms with Crippen LogP contribution in [0.5, 0.6) is 0 Å². The lowest BCUT2D eigenvalue weighted by molar-refractivity contribution is -0.121. The number of nitrogens with one attached hydrogen (secondary N) is 2. The van der Waals surface area contributed by atoms with Gasteiger partial charge in [-0.1, -0.05) is 30.3 Å². The summed E-state index contributed by atoms with van der Waals surface area (Å²) >= 11 is 0. The number of nitrogens with zero attached hydrogens (tertiary/aromatic N) is 5. The molecule has 10 nitrogen and oxygen atoms in total. The molecule has 1 unspecified atom stereocenters. The maximum atomic E-state index is 13.0. The van der Waals surface area contributed by atoms with E-state index in [0.717, 1.165) is 16.9 Å². The minimum absolute atomic E-state index is 0.0937. The Balaban J connectivity index is 1.60. The molecular formula is C25H31N7O3. The summed E-state index contributed by atoms with van der Waals surface area (Å²) in [6.07, 6.45) is 3.39. The van der Waals surface area contributed by atoms with E-state index in [9.17, 15) is 9.59 Å². The smallest absolute Gasteiger partial charge is 0.410 e. The molecule has 2 aliphatic rings. The van der Waals surface area contributed by atoms with Crippen LogP contribution < -0.4 is 10.2 Å². The molecule has 2 saturated heterocycles. The molecule has 2 N–H and O–H groups in total. The maximum absolute atomic E-state index is 13.0. The van der Waals surface area contributed by atoms with Gasteiger partial charge in [0.05, 0.1) is 17.9 Å². The SMILES string of the molecule is CC(=O)N[C@@]12CCN(C(=O)OC(C)(C)C)CC1[C@@H](c1ccccc1)N(c1ncnc3nc[nH]c13)C2. The van der Waals surface area contributed by atoms with Crippen LogP contribution in [0.4, 0.5) is 10.6 Å². The highest BCUT2D eigenvalue weighted by molar-refractivity contribution is 5.84. The number of piperidine rings is 1. The van der Waals surface area contributed by atoms with Gasteiger partial charge in [-0.15, -0.1) is 0 Å². The van der Waals surface area contributed by atoms with Crippen molar-refractivity contribution in [3.63, 3.8) is 0 Å². The van der Waals surface area contributed by atoms with Crippen LogP contribution in [0.3, 0.4) is 0 Å². The fourth-order valence-electron chi connectivity index (χ4n) is 5.52. The number of aromatic amines is 1. The number of rotatable bonds is 3. The van der Waals surface area contributed by atoms with E-state index < -0.39 is 11.1 Å². The molecule has 10 heteroatoms. The van der Waals surface area contributed by atoms with E-state index in [-0.39, 0.29) is 24.0 Å². The summed E-state index contributed by atoms with van der Waals surface area (Å²) in [6.45, 7) is 8.63. The Hall–Kier alpha value is -3.69. The van der Waals surface area contributed by atoms with Crippen molar-refractivity contribution in [3.8, 4) is 0 Å². The highest BCUT2D eigenvalue weighted by atomic mass is 16.6. The molecular weight excluding hydrogens is 446 g/mol. The quantitative estimate of drug-likeness (QED) is 0.596. The van der Waals surface area contributed by atoms with Crippen LogP contribution in [0.15, 0.2) is 43.0 Å². The fraction of sp³-hybridized carbons (Fsp3) is 0.480. The molecule has 2 amide bonds. The number of imidazole rings is 1. The first-order valence-corrected chi connectivity index (χ1v) is 11.9. The largest absolute Gasteiger partial charge is 0.444 e. The van der Waals surface area contributed by atoms with E-state index in [1.807, 2.05) is 39.0 Å². The molecule has 0 aliphatic carbocycles. The van der Waals surface area contributed by atoms with Crippen molar-refractivity contribution in [3.05, 3.63) is 48.5 Å². The molecule has 35 heavy (non-hydrogen) atoms. The Labute approximate surface area is 204 Å². The predicted molar refractivity (Wildman–Crippen MR) is 131 cm³/mol. The van der Waals surface area contributed by atoms with E-state index in [1.54, 1.807) is 18.2 Å². The van der Waals surface area contributed by atoms with Crippen molar-refractivity contribution in [2.45, 2.75) is 51.3 Å². The van der Waals surface area contributed by atoms with Gasteiger partial charge < -0.3 is 24.8 Å². The highest BCUT2D eigenvalue weighted by Gasteiger charge is 2.57. The van der Waals surface area contributed by atoms with Crippen molar-refractivity contribution in [2.75, 3.05) is 24.5 Å². The molecule has 0 bridgehead atoms. The molecule has 2 fully saturated rings. The number of aromatic nitrogens is 4. The van der Waals surface area contributed by atoms with Crippen molar-refractivity contribution in [1.29, 1.82) is 0 Å². The lowest BCUT2D eigenvalue weighted by Crippen LogP contribution is -2.62. The number of amides is 2. The van der Waals surface area contributed by atoms with Gasteiger partial charge in [0.2, 0.25) is 5.91 Å². The van der Waals surface area contributed by atoms with Gasteiger partial charge in [-0.25, -0.2) is 19.7 Å². The molecule has 0 spiro atoms. The van der Waals surface area contributed by atoms with Gasteiger partial charge in [-0.2, -0.15) is 0 Å². The lowest BCUT2D eigenvalue weighted by atomic mass is 9.75. The summed E-state index contributed by atoms with van der Waals surface area (Å²) in [5, 5.41) is 3.28. The number of fused-ring (bicyclic) bond motifs is 2. The Morgan fingerprint density at radius 3 is 2.66 bits per heavy atom. The number of benzene rings is 1. The van der Waals surface area contributed by atoms with E-state index in [2.05, 4.69) is 42.3 Å². The van der Waals surface area contributed by atoms with Gasteiger partial charge in [0.1, 0.15) is 17.4 Å². The Morgan fingerprint density at radius 1 is 1.17 bits per heavy atom. The molecule has 4 heterocycles. The molecule has 5 rings (SSSR count). The summed E-state index contributed by atoms with van der Waals surface area (Å²) in [4.78, 5) is 45.8. The molecule has 3 aromatic rings. The van der Waals surface area contributed by atoms with Crippen molar-refractivity contribution in [2.24, 2.45) is 5.92 Å². The topological polar surface area (TPSA) is 116 Å². The van der Waals surface area contributed by atoms with Crippen LogP contribution >= 0.6 is 0 Å². The van der Waals surface area contributed by atoms with E-state index in [0.29, 0.717) is 31.7 Å². The van der Waals surface area contributed by atoms with Crippen LogP contribution in [0.2, 0.25) is 0 Å². The number of H-pyrrole nitrogens is 1. The molecule has 0 radical (unpaired) electrons. The number of carbonyl (C=O) groups is 2. The number of carbonyl (C=O) groups excluding carboxylic acids is 2. The third kappa shape index (κ3) is 4.28. The zero-order valence-corrected chi connectivity index (χ0v) is 20.5. The summed E-state index contributed by atoms with van der Waals surface area (Å²) in [5.74, 6) is 0.538. The van der Waals surface area contributed by atoms with E-state index in [4.69, 9.17) is 4.74 Å². The standard InChI is InChI=1S/C25H31N7O3/c1-16(33)30-25-10-11-31(23(34)35-24(2,3)4)12-18(25)20(17-8-6-5-7-9-17)32(13-25)22-19-21(27-14-26-19)28-15-29-22/h5-9,14-15,18,20H,10-13H2,1-4H3,(H,30,33)(H,26,27,28,29)/t18?,20-,25-/m1/s1. The van der Waals surface area contributed by atoms with Gasteiger partial charge in [0.25, 0.3) is 0 Å². The summed E-state index contributed by atoms with van der Waals surface area (Å²) in [7, 11) is 0. The van der Waals surface area contributed by atoms with Gasteiger partial charge in [0.15, 0.2) is 11.5 Å². The number of ether oxygens (including phenoxy) is 1. The zero-order chi connectivity index (χ0) is 24.8. The van der Waals surface area contributed by atoms with Gasteiger partial charge in [-0.3, -0.25) is 4.79 Å². The van der Waals surface area contributed by atoms with E-state index in [1.165, 1.54) is 6.33 Å². The third-order valence-electron chi connectivity index (χ3n) is 6.82. The first-order valence-electron chi connectivity index (χ1n) is 11.9. The van der Waals surface area contributed by atoms with Gasteiger partial charge >= 0.3 is 6.09 Å². The Morgan fingerprint density at radius 2 is 1.94 bits per heavy atom. The predicted octanol–water partition coefficient (Wildman–Crippen LogP) is 3.05. The summed E-state index contributed by atoms with van der Waals surface area (Å²) in [6, 6.07) is 10.0. The third-order valence-corrected chi connectivity index (χ3v) is 6.82. The normalized spacial score (nSPS) is 24.3. The van der Waals surface area contributed by atoms with Gasteiger partial charge in [-0.05, 0) is 32.8 Å². The minimum Gasteiger partial charge on any atom is -0.444 e. The summed E-state index contributed by atoms with van der Waals surface area (Å²) < 4.78 is 5.69. The number of hydrogen-bond acceptors (Lipinski definition) is 7. The number of hydrogen-bond donors (Lipinski definition) is 2. The number of anilines is 1. The Kier molecular flexibility index (Phi) is 5.61. The maximum Gasteiger partial charge on any atom is 0.410 e. The number of likely N-dealkylation sites (tertiary alicyclic amines) is 1. The van der Waals surface area contributed by atoms with Crippen LogP contribution in [0, 0.1) is 5.92 Å². The first-order chi connectivity index (χ1) is 16.7. The molecule has 0 saturated carbocycles. The second-order valence-corrected chi connectivity index (χ2v) is 10.4. The van der Waals surface area contributed by atoms with Crippen molar-refractivity contribution in [1.82, 2.24) is 30.2 Å². The monoisotopic (exact) mass is 477 g/mol. The van der Waals surface area contributed by atoms with Crippen LogP contribution in [0.1, 0.15) is 45.7 Å². The van der Waals surface area contributed by atoms with Crippen LogP contribution in [0.25, 0.3) is 11.2 Å². The second kappa shape index (κ2) is 8.51. The molecule has 1 aromatic carbocycles. The highest BCUT2D eigenvalue weighted by Crippen LogP contribution is 2.49. The molecule has 2 aromatic heterocycles. The molecule has 2 aliphatic heterocycles.